The Morgan fingerprint density at radius 3 is 2.41 bits per heavy atom. The average molecular weight is 407 g/mol. The number of piperazine rings is 1. The summed E-state index contributed by atoms with van der Waals surface area (Å²) in [4.78, 5) is 21.7. The summed E-state index contributed by atoms with van der Waals surface area (Å²) in [6, 6.07) is 20.7. The SMILES string of the molecule is CC1CN(c2nc(Cc3ccccc3)ns2)CCN1C(=O)CCc1ccccc1. The van der Waals surface area contributed by atoms with Crippen LogP contribution < -0.4 is 4.90 Å². The molecule has 5 nitrogen and oxygen atoms in total. The number of anilines is 1. The van der Waals surface area contributed by atoms with Crippen LogP contribution in [0.15, 0.2) is 60.7 Å². The Balaban J connectivity index is 1.31. The zero-order valence-electron chi connectivity index (χ0n) is 16.7. The fourth-order valence-electron chi connectivity index (χ4n) is 3.76. The molecule has 0 saturated carbocycles. The molecule has 4 rings (SSSR count). The van der Waals surface area contributed by atoms with E-state index < -0.39 is 0 Å². The first-order valence-corrected chi connectivity index (χ1v) is 10.9. The van der Waals surface area contributed by atoms with Crippen molar-refractivity contribution in [3.63, 3.8) is 0 Å². The Kier molecular flexibility index (Phi) is 6.20. The Hall–Kier alpha value is -2.73. The molecule has 3 aromatic rings. The fraction of sp³-hybridized carbons (Fsp3) is 0.348. The van der Waals surface area contributed by atoms with E-state index in [-0.39, 0.29) is 11.9 Å². The summed E-state index contributed by atoms with van der Waals surface area (Å²) in [5.74, 6) is 1.10. The highest BCUT2D eigenvalue weighted by Gasteiger charge is 2.28. The molecule has 1 aromatic heterocycles. The van der Waals surface area contributed by atoms with Crippen LogP contribution in [0.3, 0.4) is 0 Å². The second kappa shape index (κ2) is 9.18. The van der Waals surface area contributed by atoms with Crippen LogP contribution in [-0.4, -0.2) is 45.8 Å². The first kappa shape index (κ1) is 19.6. The van der Waals surface area contributed by atoms with Gasteiger partial charge in [0.05, 0.1) is 0 Å². The van der Waals surface area contributed by atoms with Crippen LogP contribution in [0.25, 0.3) is 0 Å². The Labute approximate surface area is 176 Å². The number of benzene rings is 2. The topological polar surface area (TPSA) is 49.3 Å². The fourth-order valence-corrected chi connectivity index (χ4v) is 4.48. The van der Waals surface area contributed by atoms with Gasteiger partial charge in [-0.1, -0.05) is 60.7 Å². The number of aryl methyl sites for hydroxylation is 1. The van der Waals surface area contributed by atoms with E-state index in [2.05, 4.69) is 40.5 Å². The van der Waals surface area contributed by atoms with Gasteiger partial charge < -0.3 is 9.80 Å². The number of nitrogens with zero attached hydrogens (tertiary/aromatic N) is 4. The molecule has 2 aromatic carbocycles. The van der Waals surface area contributed by atoms with Crippen molar-refractivity contribution in [3.05, 3.63) is 77.6 Å². The summed E-state index contributed by atoms with van der Waals surface area (Å²) in [7, 11) is 0. The number of aromatic nitrogens is 2. The summed E-state index contributed by atoms with van der Waals surface area (Å²) < 4.78 is 4.54. The lowest BCUT2D eigenvalue weighted by Gasteiger charge is -2.39. The van der Waals surface area contributed by atoms with Gasteiger partial charge in [-0.2, -0.15) is 4.37 Å². The van der Waals surface area contributed by atoms with Crippen molar-refractivity contribution in [2.45, 2.75) is 32.2 Å². The van der Waals surface area contributed by atoms with Gasteiger partial charge in [-0.25, -0.2) is 4.98 Å². The molecule has 1 amide bonds. The molecule has 6 heteroatoms. The van der Waals surface area contributed by atoms with Gasteiger partial charge in [0.1, 0.15) is 5.82 Å². The Bertz CT molecular complexity index is 928. The summed E-state index contributed by atoms with van der Waals surface area (Å²) in [5.41, 5.74) is 2.44. The predicted molar refractivity (Wildman–Crippen MR) is 117 cm³/mol. The number of hydrogen-bond acceptors (Lipinski definition) is 5. The molecule has 0 spiro atoms. The van der Waals surface area contributed by atoms with Gasteiger partial charge in [0, 0.05) is 50.1 Å². The van der Waals surface area contributed by atoms with E-state index in [4.69, 9.17) is 4.98 Å². The maximum absolute atomic E-state index is 12.7. The molecular formula is C23H26N4OS. The molecule has 0 radical (unpaired) electrons. The van der Waals surface area contributed by atoms with Crippen LogP contribution in [0.2, 0.25) is 0 Å². The first-order valence-electron chi connectivity index (χ1n) is 10.1. The minimum absolute atomic E-state index is 0.175. The third-order valence-electron chi connectivity index (χ3n) is 5.35. The van der Waals surface area contributed by atoms with E-state index >= 15 is 0 Å². The molecule has 1 aliphatic rings. The monoisotopic (exact) mass is 406 g/mol. The van der Waals surface area contributed by atoms with Crippen LogP contribution in [0.4, 0.5) is 5.13 Å². The highest BCUT2D eigenvalue weighted by molar-refractivity contribution is 7.09. The molecule has 1 aliphatic heterocycles. The van der Waals surface area contributed by atoms with Gasteiger partial charge in [-0.3, -0.25) is 4.79 Å². The van der Waals surface area contributed by atoms with E-state index in [0.29, 0.717) is 6.42 Å². The lowest BCUT2D eigenvalue weighted by atomic mass is 10.1. The van der Waals surface area contributed by atoms with Crippen molar-refractivity contribution in [1.29, 1.82) is 0 Å². The van der Waals surface area contributed by atoms with Crippen molar-refractivity contribution < 1.29 is 4.79 Å². The van der Waals surface area contributed by atoms with Gasteiger partial charge >= 0.3 is 0 Å². The first-order chi connectivity index (χ1) is 14.2. The molecule has 2 heterocycles. The van der Waals surface area contributed by atoms with E-state index in [0.717, 1.165) is 43.4 Å². The van der Waals surface area contributed by atoms with Crippen molar-refractivity contribution in [3.8, 4) is 0 Å². The third kappa shape index (κ3) is 5.01. The normalized spacial score (nSPS) is 16.8. The molecule has 0 bridgehead atoms. The Morgan fingerprint density at radius 2 is 1.72 bits per heavy atom. The van der Waals surface area contributed by atoms with Crippen LogP contribution in [-0.2, 0) is 17.6 Å². The summed E-state index contributed by atoms with van der Waals surface area (Å²) in [6.07, 6.45) is 2.12. The van der Waals surface area contributed by atoms with Crippen molar-refractivity contribution in [2.24, 2.45) is 0 Å². The highest BCUT2D eigenvalue weighted by Crippen LogP contribution is 2.23. The number of carbonyl (C=O) groups excluding carboxylic acids is 1. The maximum Gasteiger partial charge on any atom is 0.223 e. The molecule has 0 N–H and O–H groups in total. The molecule has 1 unspecified atom stereocenters. The molecule has 1 atom stereocenters. The molecule has 150 valence electrons. The van der Waals surface area contributed by atoms with E-state index in [9.17, 15) is 4.79 Å². The number of rotatable bonds is 6. The zero-order chi connectivity index (χ0) is 20.1. The lowest BCUT2D eigenvalue weighted by Crippen LogP contribution is -2.54. The summed E-state index contributed by atoms with van der Waals surface area (Å²) in [5, 5.41) is 0.958. The average Bonchev–Trinajstić information content (AvgIpc) is 3.22. The summed E-state index contributed by atoms with van der Waals surface area (Å²) >= 11 is 1.46. The van der Waals surface area contributed by atoms with E-state index in [1.54, 1.807) is 0 Å². The number of hydrogen-bond donors (Lipinski definition) is 0. The van der Waals surface area contributed by atoms with Crippen LogP contribution in [0.1, 0.15) is 30.3 Å². The largest absolute Gasteiger partial charge is 0.343 e. The van der Waals surface area contributed by atoms with E-state index in [1.165, 1.54) is 22.7 Å². The zero-order valence-corrected chi connectivity index (χ0v) is 17.5. The summed E-state index contributed by atoms with van der Waals surface area (Å²) in [6.45, 7) is 4.47. The van der Waals surface area contributed by atoms with Gasteiger partial charge in [-0.15, -0.1) is 0 Å². The van der Waals surface area contributed by atoms with Gasteiger partial charge in [-0.05, 0) is 24.5 Å². The van der Waals surface area contributed by atoms with Gasteiger partial charge in [0.15, 0.2) is 0 Å². The second-order valence-corrected chi connectivity index (χ2v) is 8.25. The quantitative estimate of drug-likeness (QED) is 0.625. The smallest absolute Gasteiger partial charge is 0.223 e. The highest BCUT2D eigenvalue weighted by atomic mass is 32.1. The second-order valence-electron chi connectivity index (χ2n) is 7.52. The molecule has 1 saturated heterocycles. The van der Waals surface area contributed by atoms with Crippen molar-refractivity contribution in [2.75, 3.05) is 24.5 Å². The standard InChI is InChI=1S/C23H26N4OS/c1-18-17-26(23-24-21(25-29-23)16-20-10-6-3-7-11-20)14-15-27(18)22(28)13-12-19-8-4-2-5-9-19/h2-11,18H,12-17H2,1H3. The molecule has 29 heavy (non-hydrogen) atoms. The molecular weight excluding hydrogens is 380 g/mol. The Morgan fingerprint density at radius 1 is 1.03 bits per heavy atom. The number of carbonyl (C=O) groups is 1. The van der Waals surface area contributed by atoms with Crippen LogP contribution in [0, 0.1) is 0 Å². The number of amides is 1. The van der Waals surface area contributed by atoms with Crippen LogP contribution >= 0.6 is 11.5 Å². The minimum Gasteiger partial charge on any atom is -0.343 e. The maximum atomic E-state index is 12.7. The predicted octanol–water partition coefficient (Wildman–Crippen LogP) is 3.80. The lowest BCUT2D eigenvalue weighted by molar-refractivity contribution is -0.133. The van der Waals surface area contributed by atoms with E-state index in [1.807, 2.05) is 41.3 Å². The third-order valence-corrected chi connectivity index (χ3v) is 6.17. The minimum atomic E-state index is 0.175. The van der Waals surface area contributed by atoms with Crippen LogP contribution in [0.5, 0.6) is 0 Å². The molecule has 1 fully saturated rings. The molecule has 0 aliphatic carbocycles. The van der Waals surface area contributed by atoms with Gasteiger partial charge in [0.2, 0.25) is 11.0 Å². The van der Waals surface area contributed by atoms with Crippen molar-refractivity contribution in [1.82, 2.24) is 14.3 Å². The van der Waals surface area contributed by atoms with Gasteiger partial charge in [0.25, 0.3) is 0 Å². The van der Waals surface area contributed by atoms with Crippen molar-refractivity contribution >= 4 is 22.6 Å².